The fourth-order valence-electron chi connectivity index (χ4n) is 2.50. The monoisotopic (exact) mass is 184 g/mol. The number of ether oxygens (including phenoxy) is 1. The first-order valence-corrected chi connectivity index (χ1v) is 5.39. The van der Waals surface area contributed by atoms with Gasteiger partial charge in [-0.05, 0) is 32.6 Å². The van der Waals surface area contributed by atoms with E-state index in [1.807, 2.05) is 0 Å². The number of fused-ring (bicyclic) bond motifs is 2. The SMILES string of the molecule is CC(CN)OC1CC2CCC(C1)N2. The summed E-state index contributed by atoms with van der Waals surface area (Å²) >= 11 is 0. The Kier molecular flexibility index (Phi) is 2.86. The van der Waals surface area contributed by atoms with Crippen molar-refractivity contribution >= 4 is 0 Å². The fraction of sp³-hybridized carbons (Fsp3) is 1.00. The van der Waals surface area contributed by atoms with E-state index in [2.05, 4.69) is 12.2 Å². The largest absolute Gasteiger partial charge is 0.374 e. The molecule has 0 saturated carbocycles. The third-order valence-corrected chi connectivity index (χ3v) is 3.19. The van der Waals surface area contributed by atoms with Gasteiger partial charge in [0.15, 0.2) is 0 Å². The summed E-state index contributed by atoms with van der Waals surface area (Å²) in [5.41, 5.74) is 5.53. The molecule has 0 amide bonds. The Labute approximate surface area is 80.0 Å². The lowest BCUT2D eigenvalue weighted by molar-refractivity contribution is -0.0222. The van der Waals surface area contributed by atoms with E-state index in [1.54, 1.807) is 0 Å². The van der Waals surface area contributed by atoms with Gasteiger partial charge < -0.3 is 15.8 Å². The molecule has 2 aliphatic heterocycles. The van der Waals surface area contributed by atoms with Crippen molar-refractivity contribution in [3.05, 3.63) is 0 Å². The van der Waals surface area contributed by atoms with Crippen molar-refractivity contribution < 1.29 is 4.74 Å². The van der Waals surface area contributed by atoms with E-state index in [0.717, 1.165) is 0 Å². The summed E-state index contributed by atoms with van der Waals surface area (Å²) < 4.78 is 5.86. The zero-order valence-corrected chi connectivity index (χ0v) is 8.33. The number of hydrogen-bond acceptors (Lipinski definition) is 3. The Morgan fingerprint density at radius 1 is 1.38 bits per heavy atom. The molecule has 0 aromatic carbocycles. The van der Waals surface area contributed by atoms with Crippen LogP contribution in [0.15, 0.2) is 0 Å². The van der Waals surface area contributed by atoms with Gasteiger partial charge in [0.25, 0.3) is 0 Å². The highest BCUT2D eigenvalue weighted by Crippen LogP contribution is 2.28. The summed E-state index contributed by atoms with van der Waals surface area (Å²) in [7, 11) is 0. The van der Waals surface area contributed by atoms with Gasteiger partial charge >= 0.3 is 0 Å². The van der Waals surface area contributed by atoms with Crippen molar-refractivity contribution in [3.8, 4) is 0 Å². The third kappa shape index (κ3) is 2.22. The van der Waals surface area contributed by atoms with Crippen LogP contribution in [-0.4, -0.2) is 30.8 Å². The first-order chi connectivity index (χ1) is 6.28. The molecule has 0 aliphatic carbocycles. The molecule has 13 heavy (non-hydrogen) atoms. The topological polar surface area (TPSA) is 47.3 Å². The minimum Gasteiger partial charge on any atom is -0.374 e. The maximum atomic E-state index is 5.86. The van der Waals surface area contributed by atoms with Crippen LogP contribution in [0.2, 0.25) is 0 Å². The maximum absolute atomic E-state index is 5.86. The highest BCUT2D eigenvalue weighted by molar-refractivity contribution is 4.92. The Morgan fingerprint density at radius 3 is 2.54 bits per heavy atom. The molecule has 2 heterocycles. The average molecular weight is 184 g/mol. The van der Waals surface area contributed by atoms with Crippen molar-refractivity contribution in [2.24, 2.45) is 5.73 Å². The molecule has 3 atom stereocenters. The van der Waals surface area contributed by atoms with Gasteiger partial charge in [0.05, 0.1) is 12.2 Å². The predicted molar refractivity (Wildman–Crippen MR) is 52.6 cm³/mol. The molecule has 3 N–H and O–H groups in total. The van der Waals surface area contributed by atoms with Crippen molar-refractivity contribution in [3.63, 3.8) is 0 Å². The molecule has 3 heteroatoms. The normalized spacial score (nSPS) is 40.6. The molecule has 76 valence electrons. The van der Waals surface area contributed by atoms with Gasteiger partial charge in [-0.25, -0.2) is 0 Å². The van der Waals surface area contributed by atoms with Crippen LogP contribution in [0.5, 0.6) is 0 Å². The minimum absolute atomic E-state index is 0.225. The molecule has 2 aliphatic rings. The van der Waals surface area contributed by atoms with E-state index in [-0.39, 0.29) is 6.10 Å². The van der Waals surface area contributed by atoms with Crippen LogP contribution in [0.1, 0.15) is 32.6 Å². The molecular weight excluding hydrogens is 164 g/mol. The molecule has 0 spiro atoms. The van der Waals surface area contributed by atoms with Crippen LogP contribution in [0.25, 0.3) is 0 Å². The molecule has 3 unspecified atom stereocenters. The van der Waals surface area contributed by atoms with Crippen LogP contribution in [0, 0.1) is 0 Å². The zero-order valence-electron chi connectivity index (χ0n) is 8.33. The second-order valence-electron chi connectivity index (χ2n) is 4.41. The summed E-state index contributed by atoms with van der Waals surface area (Å²) in [5.74, 6) is 0. The molecule has 2 fully saturated rings. The van der Waals surface area contributed by atoms with Crippen molar-refractivity contribution in [1.29, 1.82) is 0 Å². The second-order valence-corrected chi connectivity index (χ2v) is 4.41. The summed E-state index contributed by atoms with van der Waals surface area (Å²) in [6, 6.07) is 1.43. The summed E-state index contributed by atoms with van der Waals surface area (Å²) in [6.07, 6.45) is 5.71. The second kappa shape index (κ2) is 3.95. The lowest BCUT2D eigenvalue weighted by Gasteiger charge is -2.30. The van der Waals surface area contributed by atoms with Crippen LogP contribution < -0.4 is 11.1 Å². The Balaban J connectivity index is 1.81. The molecule has 2 saturated heterocycles. The molecule has 0 aromatic heterocycles. The van der Waals surface area contributed by atoms with Crippen LogP contribution in [-0.2, 0) is 4.74 Å². The Bertz CT molecular complexity index is 162. The highest BCUT2D eigenvalue weighted by Gasteiger charge is 2.34. The maximum Gasteiger partial charge on any atom is 0.0672 e. The van der Waals surface area contributed by atoms with E-state index in [4.69, 9.17) is 10.5 Å². The predicted octanol–water partition coefficient (Wildman–Crippen LogP) is 0.633. The van der Waals surface area contributed by atoms with Crippen LogP contribution >= 0.6 is 0 Å². The smallest absolute Gasteiger partial charge is 0.0672 e. The van der Waals surface area contributed by atoms with E-state index in [0.29, 0.717) is 24.7 Å². The summed E-state index contributed by atoms with van der Waals surface area (Å²) in [5, 5.41) is 3.60. The van der Waals surface area contributed by atoms with E-state index >= 15 is 0 Å². The molecule has 2 rings (SSSR count). The zero-order chi connectivity index (χ0) is 9.26. The summed E-state index contributed by atoms with van der Waals surface area (Å²) in [4.78, 5) is 0. The molecule has 3 nitrogen and oxygen atoms in total. The first kappa shape index (κ1) is 9.44. The van der Waals surface area contributed by atoms with Crippen molar-refractivity contribution in [2.45, 2.75) is 56.9 Å². The quantitative estimate of drug-likeness (QED) is 0.676. The molecule has 0 aromatic rings. The van der Waals surface area contributed by atoms with Gasteiger partial charge in [0.1, 0.15) is 0 Å². The van der Waals surface area contributed by atoms with Gasteiger partial charge in [-0.15, -0.1) is 0 Å². The van der Waals surface area contributed by atoms with Crippen LogP contribution in [0.3, 0.4) is 0 Å². The third-order valence-electron chi connectivity index (χ3n) is 3.19. The van der Waals surface area contributed by atoms with Gasteiger partial charge in [-0.3, -0.25) is 0 Å². The number of nitrogens with two attached hydrogens (primary N) is 1. The highest BCUT2D eigenvalue weighted by atomic mass is 16.5. The lowest BCUT2D eigenvalue weighted by Crippen LogP contribution is -2.43. The van der Waals surface area contributed by atoms with Gasteiger partial charge in [0.2, 0.25) is 0 Å². The number of piperidine rings is 1. The standard InChI is InChI=1S/C10H20N2O/c1-7(6-11)13-10-4-8-2-3-9(5-10)12-8/h7-10,12H,2-6,11H2,1H3. The fourth-order valence-corrected chi connectivity index (χ4v) is 2.50. The summed E-state index contributed by atoms with van der Waals surface area (Å²) in [6.45, 7) is 2.70. The van der Waals surface area contributed by atoms with E-state index in [1.165, 1.54) is 25.7 Å². The number of hydrogen-bond donors (Lipinski definition) is 2. The number of nitrogens with one attached hydrogen (secondary N) is 1. The van der Waals surface area contributed by atoms with Gasteiger partial charge in [-0.1, -0.05) is 0 Å². The molecule has 0 radical (unpaired) electrons. The minimum atomic E-state index is 0.225. The number of rotatable bonds is 3. The Morgan fingerprint density at radius 2 is 2.00 bits per heavy atom. The van der Waals surface area contributed by atoms with Crippen LogP contribution in [0.4, 0.5) is 0 Å². The van der Waals surface area contributed by atoms with Crippen molar-refractivity contribution in [2.75, 3.05) is 6.54 Å². The van der Waals surface area contributed by atoms with Crippen molar-refractivity contribution in [1.82, 2.24) is 5.32 Å². The first-order valence-electron chi connectivity index (χ1n) is 5.39. The Hall–Kier alpha value is -0.120. The molecule has 2 bridgehead atoms. The lowest BCUT2D eigenvalue weighted by atomic mass is 10.0. The van der Waals surface area contributed by atoms with Gasteiger partial charge in [0, 0.05) is 18.6 Å². The molecular formula is C10H20N2O. The van der Waals surface area contributed by atoms with E-state index in [9.17, 15) is 0 Å². The van der Waals surface area contributed by atoms with E-state index < -0.39 is 0 Å². The average Bonchev–Trinajstić information content (AvgIpc) is 2.46. The van der Waals surface area contributed by atoms with Gasteiger partial charge in [-0.2, -0.15) is 0 Å².